The molecule has 3 heterocycles. The number of aliphatic hydroxyl groups is 1. The Kier molecular flexibility index (Phi) is 7.55. The Morgan fingerprint density at radius 1 is 1.35 bits per heavy atom. The number of carbonyl (C=O) groups excluding carboxylic acids is 3. The van der Waals surface area contributed by atoms with E-state index in [1.54, 1.807) is 34.6 Å². The van der Waals surface area contributed by atoms with Crippen LogP contribution in [0.4, 0.5) is 0 Å². The summed E-state index contributed by atoms with van der Waals surface area (Å²) in [5.41, 5.74) is -0.481. The number of hydrogen-bond donors (Lipinski definition) is 1. The zero-order valence-corrected chi connectivity index (χ0v) is 22.6. The van der Waals surface area contributed by atoms with E-state index in [2.05, 4.69) is 6.58 Å². The van der Waals surface area contributed by atoms with Gasteiger partial charge in [-0.05, 0) is 53.4 Å². The number of hydrogen-bond acceptors (Lipinski definition) is 6. The van der Waals surface area contributed by atoms with Crippen molar-refractivity contribution in [1.82, 2.24) is 9.80 Å². The number of nitrogens with zero attached hydrogens (tertiary/aromatic N) is 2. The maximum atomic E-state index is 14.4. The molecule has 1 N–H and O–H groups in total. The fourth-order valence-corrected chi connectivity index (χ4v) is 8.70. The predicted molar refractivity (Wildman–Crippen MR) is 134 cm³/mol. The summed E-state index contributed by atoms with van der Waals surface area (Å²) in [6.07, 6.45) is 3.89. The molecule has 3 fully saturated rings. The van der Waals surface area contributed by atoms with E-state index in [4.69, 9.17) is 4.74 Å². The fraction of sp³-hybridized carbons (Fsp3) is 0.808. The predicted octanol–water partition coefficient (Wildman–Crippen LogP) is 3.25. The van der Waals surface area contributed by atoms with Gasteiger partial charge in [0.2, 0.25) is 11.8 Å². The lowest BCUT2D eigenvalue weighted by atomic mass is 9.66. The summed E-state index contributed by atoms with van der Waals surface area (Å²) < 4.78 is 4.28. The van der Waals surface area contributed by atoms with Crippen molar-refractivity contribution in [2.45, 2.75) is 94.8 Å². The number of ether oxygens (including phenoxy) is 1. The van der Waals surface area contributed by atoms with Crippen molar-refractivity contribution in [3.63, 3.8) is 0 Å². The van der Waals surface area contributed by atoms with Gasteiger partial charge in [-0.2, -0.15) is 0 Å². The minimum atomic E-state index is -0.749. The first-order chi connectivity index (χ1) is 15.8. The number of rotatable bonds is 9. The van der Waals surface area contributed by atoms with Gasteiger partial charge in [0.1, 0.15) is 6.04 Å². The Balaban J connectivity index is 2.19. The van der Waals surface area contributed by atoms with E-state index in [0.717, 1.165) is 12.8 Å². The van der Waals surface area contributed by atoms with Crippen LogP contribution in [0.15, 0.2) is 12.7 Å². The van der Waals surface area contributed by atoms with E-state index >= 15 is 0 Å². The number of fused-ring (bicyclic) bond motifs is 1. The molecule has 0 aromatic carbocycles. The molecule has 3 aliphatic heterocycles. The van der Waals surface area contributed by atoms with Crippen molar-refractivity contribution >= 4 is 29.5 Å². The van der Waals surface area contributed by atoms with Crippen molar-refractivity contribution < 1.29 is 24.2 Å². The van der Waals surface area contributed by atoms with Crippen molar-refractivity contribution in [1.29, 1.82) is 0 Å². The summed E-state index contributed by atoms with van der Waals surface area (Å²) in [7, 11) is 0. The maximum absolute atomic E-state index is 14.4. The normalized spacial score (nSPS) is 34.1. The van der Waals surface area contributed by atoms with E-state index < -0.39 is 39.0 Å². The molecule has 0 aliphatic carbocycles. The molecule has 2 unspecified atom stereocenters. The van der Waals surface area contributed by atoms with Gasteiger partial charge in [-0.25, -0.2) is 0 Å². The molecule has 192 valence electrons. The van der Waals surface area contributed by atoms with Gasteiger partial charge in [-0.3, -0.25) is 14.4 Å². The third kappa shape index (κ3) is 3.98. The Morgan fingerprint density at radius 2 is 2.00 bits per heavy atom. The Bertz CT molecular complexity index is 842. The number of aliphatic hydroxyl groups excluding tert-OH is 1. The monoisotopic (exact) mass is 494 g/mol. The lowest BCUT2D eigenvalue weighted by Crippen LogP contribution is -2.61. The second-order valence-corrected chi connectivity index (χ2v) is 13.2. The van der Waals surface area contributed by atoms with Gasteiger partial charge in [0.25, 0.3) is 0 Å². The highest BCUT2D eigenvalue weighted by Gasteiger charge is 2.78. The van der Waals surface area contributed by atoms with Crippen LogP contribution in [0.2, 0.25) is 0 Å². The van der Waals surface area contributed by atoms with Crippen molar-refractivity contribution in [3.05, 3.63) is 12.7 Å². The first-order valence-electron chi connectivity index (χ1n) is 12.6. The molecule has 3 rings (SSSR count). The molecule has 7 nitrogen and oxygen atoms in total. The molecule has 0 radical (unpaired) electrons. The molecule has 8 heteroatoms. The van der Waals surface area contributed by atoms with Crippen LogP contribution >= 0.6 is 11.8 Å². The summed E-state index contributed by atoms with van der Waals surface area (Å²) in [5, 5.41) is 10.4. The van der Waals surface area contributed by atoms with Gasteiger partial charge in [0.05, 0.1) is 35.8 Å². The molecule has 0 saturated carbocycles. The van der Waals surface area contributed by atoms with Crippen molar-refractivity contribution in [3.8, 4) is 0 Å². The van der Waals surface area contributed by atoms with E-state index in [0.29, 0.717) is 13.0 Å². The Morgan fingerprint density at radius 3 is 2.50 bits per heavy atom. The van der Waals surface area contributed by atoms with Gasteiger partial charge in [0, 0.05) is 16.8 Å². The van der Waals surface area contributed by atoms with Crippen LogP contribution in [0.1, 0.15) is 67.7 Å². The van der Waals surface area contributed by atoms with Crippen LogP contribution in [0, 0.1) is 17.8 Å². The summed E-state index contributed by atoms with van der Waals surface area (Å²) in [5.74, 6) is -1.91. The number of thioether (sulfide) groups is 1. The molecule has 34 heavy (non-hydrogen) atoms. The minimum Gasteiger partial charge on any atom is -0.466 e. The molecular weight excluding hydrogens is 452 g/mol. The molecule has 1 spiro atoms. The first-order valence-corrected chi connectivity index (χ1v) is 13.4. The number of esters is 1. The Hall–Kier alpha value is -1.54. The van der Waals surface area contributed by atoms with E-state index in [1.807, 2.05) is 41.5 Å². The fourth-order valence-electron chi connectivity index (χ4n) is 6.38. The quantitative estimate of drug-likeness (QED) is 0.391. The highest BCUT2D eigenvalue weighted by Crippen LogP contribution is 2.72. The summed E-state index contributed by atoms with van der Waals surface area (Å²) in [6.45, 7) is 18.0. The van der Waals surface area contributed by atoms with Gasteiger partial charge >= 0.3 is 5.97 Å². The van der Waals surface area contributed by atoms with Crippen LogP contribution in [-0.2, 0) is 19.1 Å². The van der Waals surface area contributed by atoms with Crippen LogP contribution < -0.4 is 0 Å². The van der Waals surface area contributed by atoms with Crippen molar-refractivity contribution in [2.24, 2.45) is 17.8 Å². The number of carbonyl (C=O) groups is 3. The molecule has 3 aliphatic rings. The third-order valence-electron chi connectivity index (χ3n) is 8.22. The SMILES string of the molecule is C=CCN(C(=O)C1N([C@@H](CO)[C@@H](C)CC)C(=O)[C@@H]2[C@H](C(=O)OCC)[C@]3(C)CCC12S3)C(C)(C)C. The minimum absolute atomic E-state index is 0.000739. The molecule has 2 bridgehead atoms. The second-order valence-electron chi connectivity index (χ2n) is 11.3. The lowest BCUT2D eigenvalue weighted by Gasteiger charge is -2.44. The number of likely N-dealkylation sites (tertiary alicyclic amines) is 1. The van der Waals surface area contributed by atoms with Crippen LogP contribution in [0.5, 0.6) is 0 Å². The summed E-state index contributed by atoms with van der Waals surface area (Å²) in [6, 6.07) is -1.24. The third-order valence-corrected chi connectivity index (χ3v) is 10.2. The Labute approximate surface area is 208 Å². The zero-order valence-electron chi connectivity index (χ0n) is 21.8. The van der Waals surface area contributed by atoms with Crippen LogP contribution in [0.3, 0.4) is 0 Å². The van der Waals surface area contributed by atoms with Crippen LogP contribution in [-0.4, -0.2) is 79.6 Å². The molecule has 7 atom stereocenters. The highest BCUT2D eigenvalue weighted by molar-refractivity contribution is 8.02. The van der Waals surface area contributed by atoms with E-state index in [-0.39, 0.29) is 36.9 Å². The van der Waals surface area contributed by atoms with E-state index in [9.17, 15) is 19.5 Å². The standard InChI is InChI=1S/C26H42N2O5S/c1-9-14-27(24(5,6)7)22(31)20-26-13-12-25(8,34-26)19(23(32)33-11-3)18(26)21(30)28(20)17(15-29)16(4)10-2/h9,16-20,29H,1,10-15H2,2-8H3/t16-,17-,18-,19+,20?,25-,26?/m0/s1. The molecule has 0 aromatic rings. The van der Waals surface area contributed by atoms with Crippen molar-refractivity contribution in [2.75, 3.05) is 19.8 Å². The molecular formula is C26H42N2O5S. The average molecular weight is 495 g/mol. The highest BCUT2D eigenvalue weighted by atomic mass is 32.2. The summed E-state index contributed by atoms with van der Waals surface area (Å²) >= 11 is 1.63. The van der Waals surface area contributed by atoms with Gasteiger partial charge < -0.3 is 19.6 Å². The summed E-state index contributed by atoms with van der Waals surface area (Å²) in [4.78, 5) is 45.2. The smallest absolute Gasteiger partial charge is 0.311 e. The molecule has 2 amide bonds. The molecule has 0 aromatic heterocycles. The zero-order chi connectivity index (χ0) is 25.6. The maximum Gasteiger partial charge on any atom is 0.311 e. The average Bonchev–Trinajstić information content (AvgIpc) is 3.32. The first kappa shape index (κ1) is 27.1. The second kappa shape index (κ2) is 9.49. The topological polar surface area (TPSA) is 87.2 Å². The van der Waals surface area contributed by atoms with Gasteiger partial charge in [0.15, 0.2) is 0 Å². The van der Waals surface area contributed by atoms with E-state index in [1.165, 1.54) is 0 Å². The van der Waals surface area contributed by atoms with Crippen LogP contribution in [0.25, 0.3) is 0 Å². The van der Waals surface area contributed by atoms with Gasteiger partial charge in [-0.1, -0.05) is 26.3 Å². The molecule has 3 saturated heterocycles. The van der Waals surface area contributed by atoms with Gasteiger partial charge in [-0.15, -0.1) is 18.3 Å². The number of amides is 2. The lowest BCUT2D eigenvalue weighted by molar-refractivity contribution is -0.156. The largest absolute Gasteiger partial charge is 0.466 e.